The van der Waals surface area contributed by atoms with Crippen LogP contribution in [-0.2, 0) is 5.75 Å². The Hall–Kier alpha value is -1.72. The number of hydrogen-bond donors (Lipinski definition) is 0. The number of thioether (sulfide) groups is 1. The van der Waals surface area contributed by atoms with Gasteiger partial charge in [0.15, 0.2) is 0 Å². The summed E-state index contributed by atoms with van der Waals surface area (Å²) in [6.07, 6.45) is 0. The normalized spacial score (nSPS) is 10.2. The molecule has 2 heteroatoms. The van der Waals surface area contributed by atoms with Gasteiger partial charge >= 0.3 is 0 Å². The fourth-order valence-electron chi connectivity index (χ4n) is 2.15. The molecule has 0 bridgehead atoms. The number of nitrogens with zero attached hydrogens (tertiary/aromatic N) is 1. The third kappa shape index (κ3) is 3.62. The molecule has 2 aromatic rings. The maximum Gasteiger partial charge on any atom is 0.100 e. The zero-order valence-corrected chi connectivity index (χ0v) is 12.3. The number of rotatable bonds is 3. The average Bonchev–Trinajstić information content (AvgIpc) is 2.35. The van der Waals surface area contributed by atoms with Gasteiger partial charge in [0.25, 0.3) is 0 Å². The number of nitriles is 1. The van der Waals surface area contributed by atoms with Gasteiger partial charge in [-0.25, -0.2) is 0 Å². The van der Waals surface area contributed by atoms with E-state index in [1.54, 1.807) is 11.8 Å². The summed E-state index contributed by atoms with van der Waals surface area (Å²) < 4.78 is 0. The van der Waals surface area contributed by atoms with E-state index in [1.165, 1.54) is 22.3 Å². The Labute approximate surface area is 119 Å². The maximum atomic E-state index is 9.13. The minimum atomic E-state index is 0.764. The van der Waals surface area contributed by atoms with Gasteiger partial charge in [-0.3, -0.25) is 0 Å². The Morgan fingerprint density at radius 2 is 1.63 bits per heavy atom. The third-order valence-corrected chi connectivity index (χ3v) is 4.06. The Morgan fingerprint density at radius 1 is 0.947 bits per heavy atom. The van der Waals surface area contributed by atoms with Gasteiger partial charge in [0.1, 0.15) is 6.07 Å². The summed E-state index contributed by atoms with van der Waals surface area (Å²) in [4.78, 5) is 1.07. The molecule has 0 saturated carbocycles. The molecule has 0 fully saturated rings. The first-order chi connectivity index (χ1) is 9.08. The van der Waals surface area contributed by atoms with Crippen LogP contribution >= 0.6 is 11.8 Å². The van der Waals surface area contributed by atoms with E-state index in [1.807, 2.05) is 12.1 Å². The smallest absolute Gasteiger partial charge is 0.100 e. The molecule has 0 aliphatic carbocycles. The van der Waals surface area contributed by atoms with Gasteiger partial charge in [-0.2, -0.15) is 5.26 Å². The van der Waals surface area contributed by atoms with E-state index < -0.39 is 0 Å². The predicted molar refractivity (Wildman–Crippen MR) is 81.4 cm³/mol. The van der Waals surface area contributed by atoms with Crippen molar-refractivity contribution in [2.45, 2.75) is 31.4 Å². The van der Waals surface area contributed by atoms with Gasteiger partial charge in [0, 0.05) is 10.6 Å². The van der Waals surface area contributed by atoms with E-state index in [2.05, 4.69) is 51.1 Å². The quantitative estimate of drug-likeness (QED) is 0.747. The van der Waals surface area contributed by atoms with Crippen molar-refractivity contribution in [3.63, 3.8) is 0 Å². The van der Waals surface area contributed by atoms with Crippen LogP contribution in [0.15, 0.2) is 41.3 Å². The lowest BCUT2D eigenvalue weighted by Crippen LogP contribution is -1.87. The first-order valence-electron chi connectivity index (χ1n) is 6.29. The van der Waals surface area contributed by atoms with Gasteiger partial charge in [-0.1, -0.05) is 35.4 Å². The molecule has 0 unspecified atom stereocenters. The van der Waals surface area contributed by atoms with Crippen molar-refractivity contribution >= 4 is 11.8 Å². The SMILES string of the molecule is Cc1cc(C)cc(CSc2cc(C)ccc2C#N)c1. The van der Waals surface area contributed by atoms with Crippen LogP contribution in [0.3, 0.4) is 0 Å². The van der Waals surface area contributed by atoms with Crippen LogP contribution in [-0.4, -0.2) is 0 Å². The largest absolute Gasteiger partial charge is 0.192 e. The highest BCUT2D eigenvalue weighted by Crippen LogP contribution is 2.27. The molecule has 0 spiro atoms. The fraction of sp³-hybridized carbons (Fsp3) is 0.235. The zero-order valence-electron chi connectivity index (χ0n) is 11.5. The van der Waals surface area contributed by atoms with Crippen molar-refractivity contribution in [3.05, 3.63) is 64.2 Å². The van der Waals surface area contributed by atoms with Crippen molar-refractivity contribution in [1.82, 2.24) is 0 Å². The molecule has 0 aromatic heterocycles. The van der Waals surface area contributed by atoms with Gasteiger partial charge in [-0.15, -0.1) is 11.8 Å². The van der Waals surface area contributed by atoms with Crippen molar-refractivity contribution in [1.29, 1.82) is 5.26 Å². The van der Waals surface area contributed by atoms with Gasteiger partial charge in [-0.05, 0) is 44.0 Å². The first kappa shape index (κ1) is 13.7. The van der Waals surface area contributed by atoms with Crippen molar-refractivity contribution < 1.29 is 0 Å². The van der Waals surface area contributed by atoms with E-state index in [-0.39, 0.29) is 0 Å². The van der Waals surface area contributed by atoms with E-state index >= 15 is 0 Å². The van der Waals surface area contributed by atoms with Gasteiger partial charge < -0.3 is 0 Å². The van der Waals surface area contributed by atoms with Crippen LogP contribution < -0.4 is 0 Å². The van der Waals surface area contributed by atoms with Crippen LogP contribution in [0.1, 0.15) is 27.8 Å². The Morgan fingerprint density at radius 3 is 2.26 bits per heavy atom. The van der Waals surface area contributed by atoms with Crippen LogP contribution in [0.5, 0.6) is 0 Å². The van der Waals surface area contributed by atoms with Crippen LogP contribution in [0.2, 0.25) is 0 Å². The molecule has 0 N–H and O–H groups in total. The topological polar surface area (TPSA) is 23.8 Å². The molecule has 0 aliphatic heterocycles. The van der Waals surface area contributed by atoms with Gasteiger partial charge in [0.2, 0.25) is 0 Å². The summed E-state index contributed by atoms with van der Waals surface area (Å²) in [6.45, 7) is 6.30. The van der Waals surface area contributed by atoms with Crippen LogP contribution in [0.25, 0.3) is 0 Å². The molecule has 0 radical (unpaired) electrons. The fourth-order valence-corrected chi connectivity index (χ4v) is 3.18. The Kier molecular flexibility index (Phi) is 4.29. The lowest BCUT2D eigenvalue weighted by molar-refractivity contribution is 1.28. The molecule has 19 heavy (non-hydrogen) atoms. The molecule has 96 valence electrons. The minimum Gasteiger partial charge on any atom is -0.192 e. The number of aryl methyl sites for hydroxylation is 3. The lowest BCUT2D eigenvalue weighted by Gasteiger charge is -2.07. The Balaban J connectivity index is 2.19. The molecular weight excluding hydrogens is 250 g/mol. The molecular formula is C17H17NS. The van der Waals surface area contributed by atoms with Crippen molar-refractivity contribution in [3.8, 4) is 6.07 Å². The van der Waals surface area contributed by atoms with Crippen molar-refractivity contribution in [2.75, 3.05) is 0 Å². The molecule has 0 amide bonds. The molecule has 0 saturated heterocycles. The van der Waals surface area contributed by atoms with Crippen molar-refractivity contribution in [2.24, 2.45) is 0 Å². The van der Waals surface area contributed by atoms with Crippen LogP contribution in [0.4, 0.5) is 0 Å². The minimum absolute atomic E-state index is 0.764. The second-order valence-electron chi connectivity index (χ2n) is 4.90. The molecule has 1 nitrogen and oxygen atoms in total. The zero-order chi connectivity index (χ0) is 13.8. The summed E-state index contributed by atoms with van der Waals surface area (Å²) >= 11 is 1.73. The summed E-state index contributed by atoms with van der Waals surface area (Å²) in [7, 11) is 0. The molecule has 0 heterocycles. The highest BCUT2D eigenvalue weighted by atomic mass is 32.2. The third-order valence-electron chi connectivity index (χ3n) is 2.93. The van der Waals surface area contributed by atoms with E-state index in [0.717, 1.165) is 16.2 Å². The lowest BCUT2D eigenvalue weighted by atomic mass is 10.1. The molecule has 0 atom stereocenters. The summed E-state index contributed by atoms with van der Waals surface area (Å²) in [5.74, 6) is 0.903. The van der Waals surface area contributed by atoms with Crippen LogP contribution in [0, 0.1) is 32.1 Å². The van der Waals surface area contributed by atoms with E-state index in [4.69, 9.17) is 5.26 Å². The highest BCUT2D eigenvalue weighted by molar-refractivity contribution is 7.98. The monoisotopic (exact) mass is 267 g/mol. The number of benzene rings is 2. The average molecular weight is 267 g/mol. The van der Waals surface area contributed by atoms with Gasteiger partial charge in [0.05, 0.1) is 5.56 Å². The first-order valence-corrected chi connectivity index (χ1v) is 7.28. The molecule has 2 rings (SSSR count). The molecule has 2 aromatic carbocycles. The molecule has 0 aliphatic rings. The number of hydrogen-bond acceptors (Lipinski definition) is 2. The van der Waals surface area contributed by atoms with E-state index in [9.17, 15) is 0 Å². The Bertz CT molecular complexity index is 618. The second-order valence-corrected chi connectivity index (χ2v) is 5.91. The summed E-state index contributed by atoms with van der Waals surface area (Å²) in [5.41, 5.74) is 5.86. The highest BCUT2D eigenvalue weighted by Gasteiger charge is 2.04. The predicted octanol–water partition coefficient (Wildman–Crippen LogP) is 4.78. The summed E-state index contributed by atoms with van der Waals surface area (Å²) in [5, 5.41) is 9.13. The maximum absolute atomic E-state index is 9.13. The summed E-state index contributed by atoms with van der Waals surface area (Å²) in [6, 6.07) is 14.8. The van der Waals surface area contributed by atoms with E-state index in [0.29, 0.717) is 0 Å². The second kappa shape index (κ2) is 5.95. The standard InChI is InChI=1S/C17H17NS/c1-12-4-5-16(10-18)17(9-12)19-11-15-7-13(2)6-14(3)8-15/h4-9H,11H2,1-3H3.